The first-order valence-corrected chi connectivity index (χ1v) is 11.4. The second-order valence-corrected chi connectivity index (χ2v) is 8.52. The second kappa shape index (κ2) is 7.37. The van der Waals surface area contributed by atoms with Crippen LogP contribution in [0.15, 0.2) is 83.0 Å². The van der Waals surface area contributed by atoms with Crippen molar-refractivity contribution in [3.8, 4) is 0 Å². The number of allylic oxidation sites excluding steroid dienone is 4. The van der Waals surface area contributed by atoms with E-state index in [0.29, 0.717) is 26.4 Å². The second-order valence-electron chi connectivity index (χ2n) is 8.52. The molecule has 2 aliphatic heterocycles. The lowest BCUT2D eigenvalue weighted by Gasteiger charge is -2.21. The van der Waals surface area contributed by atoms with E-state index in [9.17, 15) is 0 Å². The zero-order valence-corrected chi connectivity index (χ0v) is 18.1. The van der Waals surface area contributed by atoms with Crippen LogP contribution in [0.5, 0.6) is 0 Å². The Morgan fingerprint density at radius 1 is 0.576 bits per heavy atom. The molecule has 0 atom stereocenters. The molecule has 0 radical (unpaired) electrons. The Morgan fingerprint density at radius 3 is 1.94 bits per heavy atom. The minimum atomic E-state index is 0.551. The Labute approximate surface area is 190 Å². The maximum Gasteiger partial charge on any atom is 0.165 e. The fourth-order valence-electron chi connectivity index (χ4n) is 5.31. The maximum absolute atomic E-state index is 6.19. The molecule has 0 saturated carbocycles. The lowest BCUT2D eigenvalue weighted by Crippen LogP contribution is -2.31. The number of hydrogen-bond donors (Lipinski definition) is 0. The highest BCUT2D eigenvalue weighted by Crippen LogP contribution is 2.47. The third-order valence-corrected chi connectivity index (χ3v) is 6.74. The predicted octanol–water partition coefficient (Wildman–Crippen LogP) is 2.89. The van der Waals surface area contributed by atoms with E-state index in [1.165, 1.54) is 11.1 Å². The topological polar surface area (TPSA) is 62.7 Å². The van der Waals surface area contributed by atoms with Gasteiger partial charge >= 0.3 is 0 Å². The van der Waals surface area contributed by atoms with Gasteiger partial charge in [0.2, 0.25) is 0 Å². The molecule has 7 rings (SSSR count). The number of rotatable bonds is 3. The zero-order valence-electron chi connectivity index (χ0n) is 18.1. The van der Waals surface area contributed by atoms with E-state index in [1.54, 1.807) is 12.4 Å². The predicted molar refractivity (Wildman–Crippen MR) is 121 cm³/mol. The minimum absolute atomic E-state index is 0.551. The van der Waals surface area contributed by atoms with Crippen LogP contribution in [0.3, 0.4) is 0 Å². The first-order valence-electron chi connectivity index (χ1n) is 11.4. The Hall–Kier alpha value is -3.80. The van der Waals surface area contributed by atoms with Gasteiger partial charge in [0, 0.05) is 42.0 Å². The molecule has 164 valence electrons. The van der Waals surface area contributed by atoms with Gasteiger partial charge in [0.15, 0.2) is 23.0 Å². The van der Waals surface area contributed by atoms with Crippen LogP contribution in [-0.2, 0) is 18.9 Å². The third-order valence-electron chi connectivity index (χ3n) is 6.74. The number of benzene rings is 1. The van der Waals surface area contributed by atoms with Gasteiger partial charge < -0.3 is 18.9 Å². The van der Waals surface area contributed by atoms with Crippen LogP contribution in [-0.4, -0.2) is 36.4 Å². The number of aromatic nitrogens is 2. The molecule has 33 heavy (non-hydrogen) atoms. The normalized spacial score (nSPS) is 21.2. The van der Waals surface area contributed by atoms with Gasteiger partial charge in [0.25, 0.3) is 0 Å². The molecular weight excluding hydrogens is 416 g/mol. The van der Waals surface area contributed by atoms with E-state index in [1.807, 2.05) is 6.07 Å². The van der Waals surface area contributed by atoms with Crippen molar-refractivity contribution < 1.29 is 18.9 Å². The molecule has 0 unspecified atom stereocenters. The van der Waals surface area contributed by atoms with Gasteiger partial charge in [-0.05, 0) is 29.2 Å². The van der Waals surface area contributed by atoms with Crippen LogP contribution in [0.25, 0.3) is 16.7 Å². The molecule has 0 amide bonds. The fraction of sp³-hybridized carbons (Fsp3) is 0.259. The van der Waals surface area contributed by atoms with Crippen molar-refractivity contribution in [2.24, 2.45) is 0 Å². The molecule has 2 aromatic rings. The average Bonchev–Trinajstić information content (AvgIpc) is 3.58. The van der Waals surface area contributed by atoms with E-state index in [-0.39, 0.29) is 0 Å². The van der Waals surface area contributed by atoms with Crippen LogP contribution in [0, 0.1) is 0 Å². The monoisotopic (exact) mass is 438 g/mol. The lowest BCUT2D eigenvalue weighted by molar-refractivity contribution is 0.0606. The average molecular weight is 438 g/mol. The standard InChI is InChI=1S/C27H22N2O4/c1-2-4-16(5-3-1)18-14-21(27-26(18)32-12-13-33-27)20-15-19(23-24(20)29-9-8-28-23)17-6-7-22-25(17)31-11-10-30-22/h1-5,7-9H,6,10-15H2. The molecule has 5 aliphatic rings. The summed E-state index contributed by atoms with van der Waals surface area (Å²) in [6.07, 6.45) is 7.91. The van der Waals surface area contributed by atoms with Crippen LogP contribution < -0.4 is 10.7 Å². The van der Waals surface area contributed by atoms with Crippen molar-refractivity contribution in [3.05, 3.63) is 99.2 Å². The van der Waals surface area contributed by atoms with Crippen LogP contribution >= 0.6 is 0 Å². The largest absolute Gasteiger partial charge is 0.486 e. The summed E-state index contributed by atoms with van der Waals surface area (Å²) in [4.78, 5) is 9.51. The zero-order chi connectivity index (χ0) is 21.8. The van der Waals surface area contributed by atoms with Gasteiger partial charge in [-0.1, -0.05) is 30.3 Å². The molecule has 0 bridgehead atoms. The highest BCUT2D eigenvalue weighted by Gasteiger charge is 2.36. The summed E-state index contributed by atoms with van der Waals surface area (Å²) in [5, 5.41) is 1.86. The summed E-state index contributed by atoms with van der Waals surface area (Å²) in [5.74, 6) is 3.43. The van der Waals surface area contributed by atoms with Crippen LogP contribution in [0.2, 0.25) is 0 Å². The van der Waals surface area contributed by atoms with Crippen molar-refractivity contribution in [2.75, 3.05) is 26.4 Å². The highest BCUT2D eigenvalue weighted by molar-refractivity contribution is 5.89. The maximum atomic E-state index is 6.19. The van der Waals surface area contributed by atoms with E-state index < -0.39 is 0 Å². The van der Waals surface area contributed by atoms with Gasteiger partial charge in [-0.25, -0.2) is 0 Å². The van der Waals surface area contributed by atoms with Gasteiger partial charge in [-0.3, -0.25) is 9.97 Å². The number of fused-ring (bicyclic) bond motifs is 3. The Morgan fingerprint density at radius 2 is 1.18 bits per heavy atom. The van der Waals surface area contributed by atoms with Crippen molar-refractivity contribution in [3.63, 3.8) is 0 Å². The molecule has 3 aliphatic carbocycles. The Kier molecular flexibility index (Phi) is 4.19. The van der Waals surface area contributed by atoms with E-state index in [4.69, 9.17) is 28.9 Å². The van der Waals surface area contributed by atoms with Gasteiger partial charge in [0.05, 0.1) is 10.7 Å². The fourth-order valence-corrected chi connectivity index (χ4v) is 5.31. The van der Waals surface area contributed by atoms with Crippen molar-refractivity contribution >= 4 is 16.7 Å². The molecule has 0 spiro atoms. The molecule has 1 aromatic heterocycles. The molecule has 2 fully saturated rings. The van der Waals surface area contributed by atoms with E-state index >= 15 is 0 Å². The molecular formula is C27H22N2O4. The van der Waals surface area contributed by atoms with Gasteiger partial charge in [-0.2, -0.15) is 0 Å². The van der Waals surface area contributed by atoms with E-state index in [0.717, 1.165) is 75.3 Å². The summed E-state index contributed by atoms with van der Waals surface area (Å²) in [7, 11) is 0. The molecule has 0 N–H and O–H groups in total. The molecule has 6 heteroatoms. The molecule has 2 saturated heterocycles. The van der Waals surface area contributed by atoms with Crippen LogP contribution in [0.1, 0.15) is 24.8 Å². The molecule has 1 aromatic carbocycles. The summed E-state index contributed by atoms with van der Waals surface area (Å²) in [6, 6.07) is 10.4. The highest BCUT2D eigenvalue weighted by atomic mass is 16.6. The van der Waals surface area contributed by atoms with E-state index in [2.05, 4.69) is 30.3 Å². The summed E-state index contributed by atoms with van der Waals surface area (Å²) in [6.45, 7) is 2.28. The van der Waals surface area contributed by atoms with Crippen molar-refractivity contribution in [1.29, 1.82) is 0 Å². The third kappa shape index (κ3) is 2.86. The van der Waals surface area contributed by atoms with Gasteiger partial charge in [0.1, 0.15) is 26.4 Å². The Balaban J connectivity index is 1.36. The van der Waals surface area contributed by atoms with Gasteiger partial charge in [-0.15, -0.1) is 0 Å². The Bertz CT molecular complexity index is 1430. The molecule has 3 heterocycles. The first-order chi connectivity index (χ1) is 16.4. The SMILES string of the molecule is C1=C2OCCOC2=C(C2=c3nccnc3=C(C3=C4OCCOC4=C(c4ccccc4)C3)C2)C1. The first kappa shape index (κ1) is 18.7. The van der Waals surface area contributed by atoms with Crippen LogP contribution in [0.4, 0.5) is 0 Å². The summed E-state index contributed by atoms with van der Waals surface area (Å²) >= 11 is 0. The number of nitrogens with zero attached hydrogens (tertiary/aromatic N) is 2. The number of ether oxygens (including phenoxy) is 4. The smallest absolute Gasteiger partial charge is 0.165 e. The summed E-state index contributed by atoms with van der Waals surface area (Å²) < 4.78 is 24.1. The summed E-state index contributed by atoms with van der Waals surface area (Å²) in [5.41, 5.74) is 6.97. The quantitative estimate of drug-likeness (QED) is 0.735. The minimum Gasteiger partial charge on any atom is -0.486 e. The number of hydrogen-bond acceptors (Lipinski definition) is 6. The lowest BCUT2D eigenvalue weighted by atomic mass is 9.94. The van der Waals surface area contributed by atoms with Crippen molar-refractivity contribution in [1.82, 2.24) is 9.97 Å². The van der Waals surface area contributed by atoms with Crippen molar-refractivity contribution in [2.45, 2.75) is 19.3 Å². The molecule has 6 nitrogen and oxygen atoms in total.